The minimum atomic E-state index is -0.854. The number of halogens is 2. The Morgan fingerprint density at radius 2 is 1.86 bits per heavy atom. The summed E-state index contributed by atoms with van der Waals surface area (Å²) in [7, 11) is 5.49. The summed E-state index contributed by atoms with van der Waals surface area (Å²) in [4.78, 5) is 15.3. The Bertz CT molecular complexity index is 1080. The zero-order chi connectivity index (χ0) is 26.8. The first-order valence-electron chi connectivity index (χ1n) is 12.7. The van der Waals surface area contributed by atoms with Gasteiger partial charge in [0.2, 0.25) is 0 Å². The van der Waals surface area contributed by atoms with Crippen LogP contribution in [0.25, 0.3) is 0 Å². The van der Waals surface area contributed by atoms with E-state index >= 15 is 4.39 Å². The summed E-state index contributed by atoms with van der Waals surface area (Å²) < 4.78 is 36.9. The molecule has 37 heavy (non-hydrogen) atoms. The van der Waals surface area contributed by atoms with Crippen molar-refractivity contribution in [2.24, 2.45) is 0 Å². The van der Waals surface area contributed by atoms with Crippen molar-refractivity contribution in [2.45, 2.75) is 67.9 Å². The first kappa shape index (κ1) is 28.9. The third-order valence-electron chi connectivity index (χ3n) is 6.88. The maximum atomic E-state index is 15.3. The number of ether oxygens (including phenoxy) is 1. The second-order valence-electron chi connectivity index (χ2n) is 9.83. The van der Waals surface area contributed by atoms with E-state index in [1.807, 2.05) is 14.1 Å². The molecule has 1 aliphatic rings. The van der Waals surface area contributed by atoms with Gasteiger partial charge in [0.1, 0.15) is 23.3 Å². The highest BCUT2D eigenvalue weighted by Gasteiger charge is 2.39. The SMILES string of the molecule is COC1(C(=O)NSc2cc(F)c(NC(CCc3ccc(F)cc3)CCN(C)C)c(C#N)c2)CCCCC1. The molecule has 9 heteroatoms. The quantitative estimate of drug-likeness (QED) is 0.344. The molecule has 1 amide bonds. The number of methoxy groups -OCH3 is 1. The van der Waals surface area contributed by atoms with E-state index in [1.54, 1.807) is 25.3 Å². The number of aryl methyl sites for hydroxylation is 1. The molecule has 3 rings (SSSR count). The second kappa shape index (κ2) is 13.8. The predicted molar refractivity (Wildman–Crippen MR) is 143 cm³/mol. The predicted octanol–water partition coefficient (Wildman–Crippen LogP) is 5.67. The van der Waals surface area contributed by atoms with E-state index in [9.17, 15) is 14.4 Å². The minimum Gasteiger partial charge on any atom is -0.379 e. The number of nitrogens with zero attached hydrogens (tertiary/aromatic N) is 2. The monoisotopic (exact) mass is 530 g/mol. The standard InChI is InChI=1S/C28H36F2N4O2S/c1-34(2)16-13-23(12-9-20-7-10-22(29)11-8-20)32-26-21(19-31)17-24(18-25(26)30)37-33-27(35)28(36-3)14-5-4-6-15-28/h7-8,10-11,17-18,23,32H,4-6,9,12-16H2,1-3H3,(H,33,35). The molecule has 0 spiro atoms. The molecule has 0 saturated heterocycles. The van der Waals surface area contributed by atoms with Crippen LogP contribution in [0.3, 0.4) is 0 Å². The van der Waals surface area contributed by atoms with Gasteiger partial charge in [0.25, 0.3) is 5.91 Å². The molecule has 0 aromatic heterocycles. The Labute approximate surface area is 222 Å². The van der Waals surface area contributed by atoms with E-state index < -0.39 is 11.4 Å². The number of carbonyl (C=O) groups is 1. The van der Waals surface area contributed by atoms with Crippen LogP contribution in [0.2, 0.25) is 0 Å². The van der Waals surface area contributed by atoms with Crippen LogP contribution in [0.15, 0.2) is 41.3 Å². The normalized spacial score (nSPS) is 15.7. The van der Waals surface area contributed by atoms with Crippen LogP contribution in [-0.2, 0) is 16.0 Å². The van der Waals surface area contributed by atoms with Crippen molar-refractivity contribution in [2.75, 3.05) is 33.1 Å². The molecular weight excluding hydrogens is 494 g/mol. The average molecular weight is 531 g/mol. The second-order valence-corrected chi connectivity index (χ2v) is 10.7. The molecule has 0 aliphatic heterocycles. The maximum absolute atomic E-state index is 15.3. The van der Waals surface area contributed by atoms with E-state index in [0.717, 1.165) is 49.7 Å². The lowest BCUT2D eigenvalue weighted by Crippen LogP contribution is -2.47. The van der Waals surface area contributed by atoms with Gasteiger partial charge in [-0.2, -0.15) is 5.26 Å². The van der Waals surface area contributed by atoms with Gasteiger partial charge in [0, 0.05) is 18.0 Å². The maximum Gasteiger partial charge on any atom is 0.262 e. The topological polar surface area (TPSA) is 77.4 Å². The van der Waals surface area contributed by atoms with Gasteiger partial charge in [-0.25, -0.2) is 8.78 Å². The van der Waals surface area contributed by atoms with Gasteiger partial charge in [-0.15, -0.1) is 0 Å². The van der Waals surface area contributed by atoms with Crippen LogP contribution in [-0.4, -0.2) is 50.2 Å². The molecule has 2 N–H and O–H groups in total. The van der Waals surface area contributed by atoms with Crippen LogP contribution in [0.5, 0.6) is 0 Å². The molecule has 2 aromatic carbocycles. The fraction of sp³-hybridized carbons (Fsp3) is 0.500. The largest absolute Gasteiger partial charge is 0.379 e. The van der Waals surface area contributed by atoms with Crippen molar-refractivity contribution in [3.63, 3.8) is 0 Å². The Morgan fingerprint density at radius 1 is 1.16 bits per heavy atom. The lowest BCUT2D eigenvalue weighted by atomic mass is 9.84. The highest BCUT2D eigenvalue weighted by molar-refractivity contribution is 7.98. The molecule has 0 heterocycles. The number of hydrogen-bond donors (Lipinski definition) is 2. The van der Waals surface area contributed by atoms with Gasteiger partial charge in [0.15, 0.2) is 0 Å². The Hall–Kier alpha value is -2.67. The van der Waals surface area contributed by atoms with Gasteiger partial charge in [-0.1, -0.05) is 31.4 Å². The van der Waals surface area contributed by atoms with Gasteiger partial charge in [-0.3, -0.25) is 9.52 Å². The number of rotatable bonds is 12. The summed E-state index contributed by atoms with van der Waals surface area (Å²) in [5, 5.41) is 13.0. The highest BCUT2D eigenvalue weighted by Crippen LogP contribution is 2.33. The van der Waals surface area contributed by atoms with Crippen molar-refractivity contribution >= 4 is 23.5 Å². The first-order valence-corrected chi connectivity index (χ1v) is 13.5. The van der Waals surface area contributed by atoms with Crippen molar-refractivity contribution in [3.8, 4) is 6.07 Å². The molecule has 0 radical (unpaired) electrons. The number of carbonyl (C=O) groups excluding carboxylic acids is 1. The number of amides is 1. The smallest absolute Gasteiger partial charge is 0.262 e. The third kappa shape index (κ3) is 8.16. The van der Waals surface area contributed by atoms with Crippen molar-refractivity contribution in [3.05, 3.63) is 59.2 Å². The number of nitrogens with one attached hydrogen (secondary N) is 2. The molecule has 200 valence electrons. The van der Waals surface area contributed by atoms with E-state index in [4.69, 9.17) is 4.74 Å². The van der Waals surface area contributed by atoms with Crippen molar-refractivity contribution in [1.82, 2.24) is 9.62 Å². The number of nitriles is 1. The molecule has 6 nitrogen and oxygen atoms in total. The van der Waals surface area contributed by atoms with Gasteiger partial charge < -0.3 is 15.0 Å². The van der Waals surface area contributed by atoms with Gasteiger partial charge in [0.05, 0.1) is 11.3 Å². The van der Waals surface area contributed by atoms with Gasteiger partial charge in [-0.05, 0) is 94.5 Å². The lowest BCUT2D eigenvalue weighted by Gasteiger charge is -2.34. The molecule has 1 unspecified atom stereocenters. The van der Waals surface area contributed by atoms with E-state index in [-0.39, 0.29) is 29.0 Å². The molecule has 1 saturated carbocycles. The molecule has 1 atom stereocenters. The van der Waals surface area contributed by atoms with E-state index in [0.29, 0.717) is 30.6 Å². The summed E-state index contributed by atoms with van der Waals surface area (Å²) in [5.41, 5.74) is 0.468. The summed E-state index contributed by atoms with van der Waals surface area (Å²) in [6, 6.07) is 11.3. The van der Waals surface area contributed by atoms with Crippen LogP contribution in [0, 0.1) is 23.0 Å². The lowest BCUT2D eigenvalue weighted by molar-refractivity contribution is -0.145. The molecule has 2 aromatic rings. The Kier molecular flexibility index (Phi) is 10.7. The molecule has 1 aliphatic carbocycles. The van der Waals surface area contributed by atoms with Crippen LogP contribution >= 0.6 is 11.9 Å². The number of anilines is 1. The van der Waals surface area contributed by atoms with E-state index in [1.165, 1.54) is 18.2 Å². The van der Waals surface area contributed by atoms with Crippen LogP contribution in [0.4, 0.5) is 14.5 Å². The molecular formula is C28H36F2N4O2S. The highest BCUT2D eigenvalue weighted by atomic mass is 32.2. The third-order valence-corrected chi connectivity index (χ3v) is 7.64. The molecule has 1 fully saturated rings. The van der Waals surface area contributed by atoms with Crippen LogP contribution in [0.1, 0.15) is 56.1 Å². The summed E-state index contributed by atoms with van der Waals surface area (Å²) in [6.07, 6.45) is 6.36. The molecule has 0 bridgehead atoms. The summed E-state index contributed by atoms with van der Waals surface area (Å²) in [6.45, 7) is 0.784. The fourth-order valence-corrected chi connectivity index (χ4v) is 5.36. The zero-order valence-electron chi connectivity index (χ0n) is 21.8. The van der Waals surface area contributed by atoms with Gasteiger partial charge >= 0.3 is 0 Å². The average Bonchev–Trinajstić information content (AvgIpc) is 2.90. The van der Waals surface area contributed by atoms with Crippen molar-refractivity contribution < 1.29 is 18.3 Å². The van der Waals surface area contributed by atoms with E-state index in [2.05, 4.69) is 21.0 Å². The Balaban J connectivity index is 1.71. The fourth-order valence-electron chi connectivity index (χ4n) is 4.62. The minimum absolute atomic E-state index is 0.0971. The summed E-state index contributed by atoms with van der Waals surface area (Å²) >= 11 is 0.995. The zero-order valence-corrected chi connectivity index (χ0v) is 22.6. The first-order chi connectivity index (χ1) is 17.8. The van der Waals surface area contributed by atoms with Crippen molar-refractivity contribution in [1.29, 1.82) is 5.26 Å². The number of hydrogen-bond acceptors (Lipinski definition) is 6. The number of benzene rings is 2. The Morgan fingerprint density at radius 3 is 2.49 bits per heavy atom. The van der Waals surface area contributed by atoms with Crippen LogP contribution < -0.4 is 10.0 Å². The summed E-state index contributed by atoms with van der Waals surface area (Å²) in [5.74, 6) is -1.06.